The summed E-state index contributed by atoms with van der Waals surface area (Å²) in [5.41, 5.74) is 2.14. The van der Waals surface area contributed by atoms with Gasteiger partial charge in [0.2, 0.25) is 11.5 Å². The molecular weight excluding hydrogens is 432 g/mol. The van der Waals surface area contributed by atoms with Gasteiger partial charge in [-0.1, -0.05) is 55.5 Å². The number of benzene rings is 1. The summed E-state index contributed by atoms with van der Waals surface area (Å²) in [6.45, 7) is 4.07. The molecule has 2 aromatic heterocycles. The molecule has 5 rings (SSSR count). The van der Waals surface area contributed by atoms with Crippen molar-refractivity contribution in [2.45, 2.75) is 32.0 Å². The molecule has 2 heterocycles. The normalized spacial score (nSPS) is 27.7. The first kappa shape index (κ1) is 22.0. The molecule has 1 aromatic carbocycles. The highest BCUT2D eigenvalue weighted by atomic mass is 16.6. The number of ether oxygens (including phenoxy) is 2. The summed E-state index contributed by atoms with van der Waals surface area (Å²) in [7, 11) is 0. The number of aryl methyl sites for hydroxylation is 1. The van der Waals surface area contributed by atoms with Crippen LogP contribution in [0.4, 0.5) is 0 Å². The zero-order valence-electron chi connectivity index (χ0n) is 19.0. The fourth-order valence-electron chi connectivity index (χ4n) is 5.28. The number of esters is 2. The molecule has 0 aliphatic heterocycles. The Morgan fingerprint density at radius 3 is 1.94 bits per heavy atom. The maximum absolute atomic E-state index is 13.1. The van der Waals surface area contributed by atoms with Crippen molar-refractivity contribution in [1.29, 1.82) is 0 Å². The Kier molecular flexibility index (Phi) is 5.97. The van der Waals surface area contributed by atoms with Crippen molar-refractivity contribution in [2.24, 2.45) is 17.8 Å². The molecular formula is C28H26O6. The number of rotatable bonds is 5. The van der Waals surface area contributed by atoms with Crippen molar-refractivity contribution in [2.75, 3.05) is 0 Å². The average Bonchev–Trinajstić information content (AvgIpc) is 3.57. The van der Waals surface area contributed by atoms with Gasteiger partial charge >= 0.3 is 11.9 Å². The van der Waals surface area contributed by atoms with Crippen LogP contribution in [0.3, 0.4) is 0 Å². The molecule has 6 nitrogen and oxygen atoms in total. The van der Waals surface area contributed by atoms with E-state index in [0.29, 0.717) is 0 Å². The van der Waals surface area contributed by atoms with Crippen LogP contribution in [0.15, 0.2) is 94.2 Å². The molecule has 6 heteroatoms. The van der Waals surface area contributed by atoms with Crippen LogP contribution in [0.5, 0.6) is 0 Å². The van der Waals surface area contributed by atoms with E-state index in [2.05, 4.69) is 18.2 Å². The Morgan fingerprint density at radius 1 is 0.765 bits per heavy atom. The van der Waals surface area contributed by atoms with E-state index in [1.807, 2.05) is 44.2 Å². The van der Waals surface area contributed by atoms with Gasteiger partial charge < -0.3 is 18.3 Å². The van der Waals surface area contributed by atoms with E-state index in [-0.39, 0.29) is 35.2 Å². The van der Waals surface area contributed by atoms with Crippen molar-refractivity contribution in [3.8, 4) is 0 Å². The van der Waals surface area contributed by atoms with Crippen molar-refractivity contribution in [1.82, 2.24) is 0 Å². The second-order valence-electron chi connectivity index (χ2n) is 8.86. The molecule has 2 aliphatic rings. The summed E-state index contributed by atoms with van der Waals surface area (Å²) in [4.78, 5) is 26.0. The first-order chi connectivity index (χ1) is 16.5. The number of carbonyl (C=O) groups excluding carboxylic acids is 2. The van der Waals surface area contributed by atoms with Gasteiger partial charge in [-0.05, 0) is 54.2 Å². The third-order valence-electron chi connectivity index (χ3n) is 6.92. The Labute approximate surface area is 197 Å². The number of furan rings is 2. The molecule has 0 radical (unpaired) electrons. The highest BCUT2D eigenvalue weighted by molar-refractivity contribution is 5.87. The molecule has 6 atom stereocenters. The number of hydrogen-bond donors (Lipinski definition) is 0. The van der Waals surface area contributed by atoms with E-state index in [9.17, 15) is 9.59 Å². The molecule has 3 aromatic rings. The SMILES string of the molecule is Cc1ccccc1C1C(OC(=O)c2ccco2)C(OC(=O)c2ccco2)C(C)[C@H]2C=CC=CC12. The third-order valence-corrected chi connectivity index (χ3v) is 6.92. The third kappa shape index (κ3) is 4.00. The summed E-state index contributed by atoms with van der Waals surface area (Å²) in [6, 6.07) is 14.5. The quantitative estimate of drug-likeness (QED) is 0.455. The molecule has 0 N–H and O–H groups in total. The predicted molar refractivity (Wildman–Crippen MR) is 124 cm³/mol. The van der Waals surface area contributed by atoms with Gasteiger partial charge in [0.25, 0.3) is 0 Å². The van der Waals surface area contributed by atoms with Crippen LogP contribution in [-0.2, 0) is 9.47 Å². The van der Waals surface area contributed by atoms with Gasteiger partial charge in [0.05, 0.1) is 12.5 Å². The molecule has 5 unspecified atom stereocenters. The smallest absolute Gasteiger partial charge is 0.374 e. The zero-order valence-corrected chi connectivity index (χ0v) is 19.0. The van der Waals surface area contributed by atoms with Crippen molar-refractivity contribution in [3.63, 3.8) is 0 Å². The Morgan fingerprint density at radius 2 is 1.35 bits per heavy atom. The standard InChI is InChI=1S/C28H26O6/c1-17-9-3-4-10-19(17)24-21-12-6-5-11-20(21)18(2)25(33-27(29)22-13-7-15-31-22)26(24)34-28(30)23-14-8-16-32-23/h3-16,18,20-21,24-26H,1-2H3/t18?,20-,21?,24?,25?,26?/m1/s1. The van der Waals surface area contributed by atoms with E-state index in [0.717, 1.165) is 11.1 Å². The Hall–Kier alpha value is -3.80. The minimum atomic E-state index is -0.731. The second-order valence-corrected chi connectivity index (χ2v) is 8.86. The number of hydrogen-bond acceptors (Lipinski definition) is 6. The molecule has 0 amide bonds. The lowest BCUT2D eigenvalue weighted by Crippen LogP contribution is -2.53. The summed E-state index contributed by atoms with van der Waals surface area (Å²) in [5.74, 6) is -1.13. The first-order valence-electron chi connectivity index (χ1n) is 11.4. The van der Waals surface area contributed by atoms with Crippen LogP contribution >= 0.6 is 0 Å². The molecule has 174 valence electrons. The highest BCUT2D eigenvalue weighted by Gasteiger charge is 2.52. The van der Waals surface area contributed by atoms with E-state index in [1.54, 1.807) is 24.3 Å². The van der Waals surface area contributed by atoms with E-state index in [1.165, 1.54) is 12.5 Å². The zero-order chi connectivity index (χ0) is 23.7. The van der Waals surface area contributed by atoms with Gasteiger partial charge in [0.15, 0.2) is 0 Å². The van der Waals surface area contributed by atoms with Gasteiger partial charge in [-0.2, -0.15) is 0 Å². The number of fused-ring (bicyclic) bond motifs is 1. The van der Waals surface area contributed by atoms with Crippen molar-refractivity contribution >= 4 is 11.9 Å². The fourth-order valence-corrected chi connectivity index (χ4v) is 5.28. The van der Waals surface area contributed by atoms with Gasteiger partial charge in [0.1, 0.15) is 12.2 Å². The largest absolute Gasteiger partial charge is 0.457 e. The van der Waals surface area contributed by atoms with Crippen LogP contribution in [0.25, 0.3) is 0 Å². The van der Waals surface area contributed by atoms with Crippen molar-refractivity contribution in [3.05, 3.63) is 108 Å². The monoisotopic (exact) mass is 458 g/mol. The van der Waals surface area contributed by atoms with Crippen LogP contribution < -0.4 is 0 Å². The summed E-state index contributed by atoms with van der Waals surface area (Å²) >= 11 is 0. The van der Waals surface area contributed by atoms with Crippen molar-refractivity contribution < 1.29 is 27.9 Å². The minimum Gasteiger partial charge on any atom is -0.457 e. The highest BCUT2D eigenvalue weighted by Crippen LogP contribution is 2.50. The Balaban J connectivity index is 1.58. The second kappa shape index (κ2) is 9.21. The van der Waals surface area contributed by atoms with Crippen LogP contribution in [-0.4, -0.2) is 24.1 Å². The number of allylic oxidation sites excluding steroid dienone is 4. The van der Waals surface area contributed by atoms with E-state index < -0.39 is 24.1 Å². The van der Waals surface area contributed by atoms with Crippen LogP contribution in [0, 0.1) is 24.7 Å². The van der Waals surface area contributed by atoms with E-state index >= 15 is 0 Å². The van der Waals surface area contributed by atoms with Gasteiger partial charge in [-0.15, -0.1) is 0 Å². The molecule has 1 fully saturated rings. The summed E-state index contributed by atoms with van der Waals surface area (Å²) < 4.78 is 22.7. The maximum Gasteiger partial charge on any atom is 0.374 e. The summed E-state index contributed by atoms with van der Waals surface area (Å²) in [5, 5.41) is 0. The minimum absolute atomic E-state index is 0.0639. The molecule has 0 saturated heterocycles. The molecule has 2 aliphatic carbocycles. The lowest BCUT2D eigenvalue weighted by atomic mass is 9.60. The predicted octanol–water partition coefficient (Wildman–Crippen LogP) is 5.72. The molecule has 34 heavy (non-hydrogen) atoms. The van der Waals surface area contributed by atoms with Gasteiger partial charge in [0, 0.05) is 11.8 Å². The number of carbonyl (C=O) groups is 2. The average molecular weight is 459 g/mol. The van der Waals surface area contributed by atoms with E-state index in [4.69, 9.17) is 18.3 Å². The van der Waals surface area contributed by atoms with Crippen LogP contribution in [0.2, 0.25) is 0 Å². The molecule has 0 bridgehead atoms. The van der Waals surface area contributed by atoms with Gasteiger partial charge in [-0.25, -0.2) is 9.59 Å². The molecule has 0 spiro atoms. The van der Waals surface area contributed by atoms with Crippen LogP contribution in [0.1, 0.15) is 45.1 Å². The molecule has 1 saturated carbocycles. The maximum atomic E-state index is 13.1. The topological polar surface area (TPSA) is 78.9 Å². The summed E-state index contributed by atoms with van der Waals surface area (Å²) in [6.07, 6.45) is 9.79. The lowest BCUT2D eigenvalue weighted by Gasteiger charge is -2.49. The van der Waals surface area contributed by atoms with Gasteiger partial charge in [-0.3, -0.25) is 0 Å². The lowest BCUT2D eigenvalue weighted by molar-refractivity contribution is -0.101. The Bertz CT molecular complexity index is 1200. The first-order valence-corrected chi connectivity index (χ1v) is 11.4. The fraction of sp³-hybridized carbons (Fsp3) is 0.286.